The molecule has 2 amide bonds. The van der Waals surface area contributed by atoms with Crippen molar-refractivity contribution < 1.29 is 27.7 Å². The van der Waals surface area contributed by atoms with Gasteiger partial charge in [-0.05, 0) is 75.5 Å². The molecule has 0 radical (unpaired) electrons. The van der Waals surface area contributed by atoms with E-state index in [0.717, 1.165) is 29.5 Å². The molecule has 2 unspecified atom stereocenters. The van der Waals surface area contributed by atoms with Crippen molar-refractivity contribution in [2.75, 3.05) is 56.5 Å². The third-order valence-corrected chi connectivity index (χ3v) is 12.5. The highest BCUT2D eigenvalue weighted by Crippen LogP contribution is 2.30. The molecule has 19 heteroatoms. The van der Waals surface area contributed by atoms with E-state index in [1.807, 2.05) is 47.3 Å². The number of rotatable bonds is 15. The van der Waals surface area contributed by atoms with E-state index in [9.17, 15) is 18.6 Å². The number of likely N-dealkylation sites (N-methyl/N-ethyl adjacent to an activating group) is 1. The maximum absolute atomic E-state index is 15.4. The summed E-state index contributed by atoms with van der Waals surface area (Å²) in [4.78, 5) is 51.9. The van der Waals surface area contributed by atoms with E-state index in [-0.39, 0.29) is 42.5 Å². The summed E-state index contributed by atoms with van der Waals surface area (Å²) in [7, 11) is 0.411. The maximum Gasteiger partial charge on any atom is 0.243 e. The average molecular weight is 843 g/mol. The molecule has 4 aromatic rings. The van der Waals surface area contributed by atoms with Crippen LogP contribution in [0.2, 0.25) is 0 Å². The van der Waals surface area contributed by atoms with Crippen molar-refractivity contribution in [1.82, 2.24) is 39.0 Å². The number of hydrogen-bond acceptors (Lipinski definition) is 14. The summed E-state index contributed by atoms with van der Waals surface area (Å²) in [5.74, 6) is -0.329. The molecule has 2 atom stereocenters. The average Bonchev–Trinajstić information content (AvgIpc) is 3.65. The molecule has 3 aliphatic heterocycles. The van der Waals surface area contributed by atoms with Crippen molar-refractivity contribution in [2.45, 2.75) is 75.7 Å². The Morgan fingerprint density at radius 1 is 1.13 bits per heavy atom. The van der Waals surface area contributed by atoms with Crippen molar-refractivity contribution in [1.29, 1.82) is 5.41 Å². The molecule has 5 N–H and O–H groups in total. The summed E-state index contributed by atoms with van der Waals surface area (Å²) in [5, 5.41) is 18.1. The first-order chi connectivity index (χ1) is 28.9. The smallest absolute Gasteiger partial charge is 0.243 e. The van der Waals surface area contributed by atoms with Gasteiger partial charge in [-0.25, -0.2) is 17.9 Å². The van der Waals surface area contributed by atoms with Gasteiger partial charge in [-0.2, -0.15) is 9.50 Å². The molecule has 2 aromatic heterocycles. The molecule has 3 saturated heterocycles. The normalized spacial score (nSPS) is 19.2. The van der Waals surface area contributed by atoms with E-state index in [1.165, 1.54) is 23.1 Å². The fraction of sp³-hybridized carbons (Fsp3) is 0.439. The first-order valence-corrected chi connectivity index (χ1v) is 21.2. The number of aromatic nitrogens is 4. The Morgan fingerprint density at radius 3 is 2.58 bits per heavy atom. The molecule has 3 fully saturated rings. The lowest BCUT2D eigenvalue weighted by Gasteiger charge is -2.37. The summed E-state index contributed by atoms with van der Waals surface area (Å²) >= 11 is 0. The fourth-order valence-corrected chi connectivity index (χ4v) is 9.18. The van der Waals surface area contributed by atoms with Gasteiger partial charge in [0.15, 0.2) is 5.75 Å². The van der Waals surface area contributed by atoms with E-state index in [2.05, 4.69) is 25.6 Å². The standard InChI is InChI=1S/C41H51FN12O5S/c1-26(2)59-38-37(30(20-43)21-44)45-25-54-39(38)48-41(49-54)46-31-9-11-53(12-10-31)60(58)32-6-4-5-27(17-32)22-51-13-15-52(16-14-51)35-19-28(29(24-55)18-33(35)42)23-50(3)34-7-8-36(56)47-40(34)57/h4-6,17-21,24-26,31,34,43H,7-16,22-23,44H2,1-3H3,(H,46,49)(H,47,56,57)/b30-21+,43-20?. The van der Waals surface area contributed by atoms with Gasteiger partial charge in [-0.3, -0.25) is 29.5 Å². The Bertz CT molecular complexity index is 2300. The SMILES string of the molecule is CC(C)Oc1c(/C(C=N)=C/N)ncn2nc(NC3CCN(S(=O)c4cccc(CN5CCN(c6cc(CN(C)C7CCC(=O)NC7=O)c(C=O)cc6F)CC5)c4)CC3)nc12. The minimum Gasteiger partial charge on any atom is -0.485 e. The number of ether oxygens (including phenoxy) is 1. The Labute approximate surface area is 350 Å². The first kappa shape index (κ1) is 42.5. The summed E-state index contributed by atoms with van der Waals surface area (Å²) in [5.41, 5.74) is 9.31. The number of carbonyl (C=O) groups excluding carboxylic acids is 3. The highest BCUT2D eigenvalue weighted by atomic mass is 32.2. The molecule has 60 heavy (non-hydrogen) atoms. The van der Waals surface area contributed by atoms with Crippen LogP contribution in [-0.4, -0.2) is 127 Å². The number of nitrogens with zero attached hydrogens (tertiary/aromatic N) is 8. The second-order valence-electron chi connectivity index (χ2n) is 15.6. The Balaban J connectivity index is 0.924. The molecule has 0 bridgehead atoms. The van der Waals surface area contributed by atoms with E-state index >= 15 is 4.39 Å². The van der Waals surface area contributed by atoms with Crippen LogP contribution in [0.1, 0.15) is 66.7 Å². The first-order valence-electron chi connectivity index (χ1n) is 20.1. The quantitative estimate of drug-likeness (QED) is 0.0773. The van der Waals surface area contributed by atoms with E-state index in [0.29, 0.717) is 98.4 Å². The number of amides is 2. The van der Waals surface area contributed by atoms with Crippen LogP contribution in [0.4, 0.5) is 16.0 Å². The second-order valence-corrected chi connectivity index (χ2v) is 17.1. The number of anilines is 2. The van der Waals surface area contributed by atoms with Crippen LogP contribution < -0.4 is 26.0 Å². The summed E-state index contributed by atoms with van der Waals surface area (Å²) in [6.07, 6.45) is 6.49. The van der Waals surface area contributed by atoms with Crippen molar-refractivity contribution in [3.63, 3.8) is 0 Å². The molecule has 0 spiro atoms. The van der Waals surface area contributed by atoms with Gasteiger partial charge in [0.25, 0.3) is 0 Å². The number of nitrogens with one attached hydrogen (secondary N) is 3. The molecule has 5 heterocycles. The van der Waals surface area contributed by atoms with Crippen molar-refractivity contribution in [3.8, 4) is 5.75 Å². The van der Waals surface area contributed by atoms with Crippen LogP contribution in [0.15, 0.2) is 53.8 Å². The Kier molecular flexibility index (Phi) is 13.3. The number of benzene rings is 2. The van der Waals surface area contributed by atoms with Crippen LogP contribution in [-0.2, 0) is 33.7 Å². The molecule has 0 saturated carbocycles. The van der Waals surface area contributed by atoms with Gasteiger partial charge in [0, 0.05) is 88.4 Å². The molecule has 0 aliphatic carbocycles. The highest BCUT2D eigenvalue weighted by molar-refractivity contribution is 7.82. The Hall–Kier alpha value is -5.63. The molecule has 17 nitrogen and oxygen atoms in total. The number of fused-ring (bicyclic) bond motifs is 1. The third kappa shape index (κ3) is 9.54. The zero-order chi connectivity index (χ0) is 42.5. The highest BCUT2D eigenvalue weighted by Gasteiger charge is 2.31. The predicted octanol–water partition coefficient (Wildman–Crippen LogP) is 2.97. The lowest BCUT2D eigenvalue weighted by molar-refractivity contribution is -0.137. The predicted molar refractivity (Wildman–Crippen MR) is 225 cm³/mol. The van der Waals surface area contributed by atoms with Crippen molar-refractivity contribution >= 4 is 58.2 Å². The minimum absolute atomic E-state index is 0.0610. The van der Waals surface area contributed by atoms with E-state index in [1.54, 1.807) is 18.0 Å². The number of carbonyl (C=O) groups is 3. The van der Waals surface area contributed by atoms with E-state index in [4.69, 9.17) is 20.9 Å². The third-order valence-electron chi connectivity index (χ3n) is 11.0. The van der Waals surface area contributed by atoms with Gasteiger partial charge in [0.1, 0.15) is 35.1 Å². The number of piperidine rings is 2. The lowest BCUT2D eigenvalue weighted by atomic mass is 10.0. The van der Waals surface area contributed by atoms with Gasteiger partial charge in [-0.15, -0.1) is 5.10 Å². The maximum atomic E-state index is 15.4. The summed E-state index contributed by atoms with van der Waals surface area (Å²) in [6, 6.07) is 10.4. The number of piperazine rings is 1. The molecular formula is C41H51FN12O5S. The van der Waals surface area contributed by atoms with Crippen LogP contribution in [0.3, 0.4) is 0 Å². The zero-order valence-electron chi connectivity index (χ0n) is 34.0. The number of halogens is 1. The largest absolute Gasteiger partial charge is 0.485 e. The summed E-state index contributed by atoms with van der Waals surface area (Å²) in [6.45, 7) is 8.40. The zero-order valence-corrected chi connectivity index (χ0v) is 34.8. The van der Waals surface area contributed by atoms with Crippen LogP contribution >= 0.6 is 0 Å². The number of allylic oxidation sites excluding steroid dienone is 1. The minimum atomic E-state index is -1.35. The van der Waals surface area contributed by atoms with Gasteiger partial charge in [0.05, 0.1) is 22.7 Å². The molecule has 3 aliphatic rings. The molecular weight excluding hydrogens is 792 g/mol. The van der Waals surface area contributed by atoms with Crippen LogP contribution in [0.5, 0.6) is 5.75 Å². The van der Waals surface area contributed by atoms with E-state index < -0.39 is 22.8 Å². The second kappa shape index (κ2) is 18.7. The molecule has 2 aromatic carbocycles. The van der Waals surface area contributed by atoms with Gasteiger partial charge in [0.2, 0.25) is 23.4 Å². The van der Waals surface area contributed by atoms with Crippen molar-refractivity contribution in [2.24, 2.45) is 5.73 Å². The molecule has 318 valence electrons. The number of nitrogens with two attached hydrogens (primary N) is 1. The van der Waals surface area contributed by atoms with Gasteiger partial charge < -0.3 is 26.1 Å². The fourth-order valence-electron chi connectivity index (χ4n) is 7.89. The van der Waals surface area contributed by atoms with Crippen LogP contribution in [0.25, 0.3) is 11.2 Å². The number of imide groups is 1. The monoisotopic (exact) mass is 842 g/mol. The van der Waals surface area contributed by atoms with Crippen molar-refractivity contribution in [3.05, 3.63) is 77.1 Å². The summed E-state index contributed by atoms with van der Waals surface area (Å²) < 4.78 is 38.8. The number of aldehydes is 1. The van der Waals surface area contributed by atoms with Gasteiger partial charge >= 0.3 is 0 Å². The number of hydrogen-bond donors (Lipinski definition) is 4. The topological polar surface area (TPSA) is 207 Å². The Morgan fingerprint density at radius 2 is 1.90 bits per heavy atom. The lowest BCUT2D eigenvalue weighted by Crippen LogP contribution is -2.51. The van der Waals surface area contributed by atoms with Gasteiger partial charge in [-0.1, -0.05) is 12.1 Å². The molecule has 7 rings (SSSR count). The van der Waals surface area contributed by atoms with Crippen LogP contribution in [0, 0.1) is 11.2 Å².